The number of nitrogens with one attached hydrogen (secondary N) is 1. The van der Waals surface area contributed by atoms with Crippen molar-refractivity contribution in [1.29, 1.82) is 0 Å². The second-order valence-corrected chi connectivity index (χ2v) is 6.49. The number of esters is 1. The van der Waals surface area contributed by atoms with Crippen LogP contribution in [0, 0.1) is 0 Å². The minimum absolute atomic E-state index is 0.229. The molecule has 7 heteroatoms. The van der Waals surface area contributed by atoms with Gasteiger partial charge in [-0.15, -0.1) is 0 Å². The minimum atomic E-state index is -1.16. The largest absolute Gasteiger partial charge is 0.497 e. The lowest BCUT2D eigenvalue weighted by molar-refractivity contribution is -0.125. The Balaban J connectivity index is 1.85. The molecule has 1 N–H and O–H groups in total. The number of carbonyl (C=O) groups excluding carboxylic acids is 2. The van der Waals surface area contributed by atoms with Crippen molar-refractivity contribution in [2.45, 2.75) is 6.10 Å². The quantitative estimate of drug-likeness (QED) is 0.548. The smallest absolute Gasteiger partial charge is 0.339 e. The Hall–Kier alpha value is -4.00. The van der Waals surface area contributed by atoms with E-state index in [1.165, 1.54) is 20.3 Å². The lowest BCUT2D eigenvalue weighted by Gasteiger charge is -2.19. The SMILES string of the molecule is COc1cccc(NC(=O)[C@H](OC(=O)c2ccc(OC)c(OC)c2)c2ccccc2)c1. The molecule has 3 aromatic rings. The molecule has 0 aliphatic rings. The molecule has 7 nitrogen and oxygen atoms in total. The minimum Gasteiger partial charge on any atom is -0.497 e. The molecule has 3 aromatic carbocycles. The Labute approximate surface area is 180 Å². The maximum absolute atomic E-state index is 13.0. The van der Waals surface area contributed by atoms with Crippen molar-refractivity contribution in [3.05, 3.63) is 83.9 Å². The molecule has 0 radical (unpaired) electrons. The summed E-state index contributed by atoms with van der Waals surface area (Å²) >= 11 is 0. The monoisotopic (exact) mass is 421 g/mol. The summed E-state index contributed by atoms with van der Waals surface area (Å²) < 4.78 is 21.2. The summed E-state index contributed by atoms with van der Waals surface area (Å²) in [4.78, 5) is 25.9. The molecular weight excluding hydrogens is 398 g/mol. The summed E-state index contributed by atoms with van der Waals surface area (Å²) in [6, 6.07) is 20.4. The summed E-state index contributed by atoms with van der Waals surface area (Å²) in [5, 5.41) is 2.77. The van der Waals surface area contributed by atoms with Gasteiger partial charge in [0.1, 0.15) is 5.75 Å². The molecule has 0 saturated heterocycles. The highest BCUT2D eigenvalue weighted by Gasteiger charge is 2.26. The van der Waals surface area contributed by atoms with Gasteiger partial charge in [-0.05, 0) is 30.3 Å². The summed E-state index contributed by atoms with van der Waals surface area (Å²) in [7, 11) is 4.52. The Morgan fingerprint density at radius 3 is 2.19 bits per heavy atom. The van der Waals surface area contributed by atoms with Gasteiger partial charge in [-0.1, -0.05) is 36.4 Å². The molecule has 31 heavy (non-hydrogen) atoms. The zero-order chi connectivity index (χ0) is 22.2. The highest BCUT2D eigenvalue weighted by atomic mass is 16.5. The van der Waals surface area contributed by atoms with Crippen LogP contribution < -0.4 is 19.5 Å². The van der Waals surface area contributed by atoms with Crippen molar-refractivity contribution in [2.75, 3.05) is 26.6 Å². The van der Waals surface area contributed by atoms with E-state index in [0.29, 0.717) is 28.5 Å². The number of methoxy groups -OCH3 is 3. The molecule has 1 atom stereocenters. The Bertz CT molecular complexity index is 1050. The second kappa shape index (κ2) is 10.2. The van der Waals surface area contributed by atoms with Crippen LogP contribution in [0.25, 0.3) is 0 Å². The third kappa shape index (κ3) is 5.33. The third-order valence-electron chi connectivity index (χ3n) is 4.52. The van der Waals surface area contributed by atoms with Gasteiger partial charge in [-0.25, -0.2) is 4.79 Å². The molecule has 1 amide bonds. The number of rotatable bonds is 8. The van der Waals surface area contributed by atoms with Crippen molar-refractivity contribution in [1.82, 2.24) is 0 Å². The van der Waals surface area contributed by atoms with Crippen LogP contribution >= 0.6 is 0 Å². The number of carbonyl (C=O) groups is 2. The Kier molecular flexibility index (Phi) is 7.11. The first-order valence-electron chi connectivity index (χ1n) is 9.48. The van der Waals surface area contributed by atoms with Crippen LogP contribution in [0.3, 0.4) is 0 Å². The first kappa shape index (κ1) is 21.7. The van der Waals surface area contributed by atoms with E-state index in [-0.39, 0.29) is 5.56 Å². The maximum Gasteiger partial charge on any atom is 0.339 e. The van der Waals surface area contributed by atoms with Gasteiger partial charge >= 0.3 is 5.97 Å². The molecule has 0 aliphatic carbocycles. The van der Waals surface area contributed by atoms with Crippen molar-refractivity contribution in [3.63, 3.8) is 0 Å². The number of benzene rings is 3. The van der Waals surface area contributed by atoms with Gasteiger partial charge in [0.25, 0.3) is 5.91 Å². The Morgan fingerprint density at radius 1 is 0.774 bits per heavy atom. The van der Waals surface area contributed by atoms with Crippen molar-refractivity contribution < 1.29 is 28.5 Å². The average Bonchev–Trinajstić information content (AvgIpc) is 2.82. The van der Waals surface area contributed by atoms with E-state index < -0.39 is 18.0 Å². The van der Waals surface area contributed by atoms with Gasteiger partial charge < -0.3 is 24.3 Å². The first-order chi connectivity index (χ1) is 15.0. The normalized spacial score (nSPS) is 11.2. The molecule has 0 aliphatic heterocycles. The molecule has 0 fully saturated rings. The van der Waals surface area contributed by atoms with E-state index in [0.717, 1.165) is 0 Å². The number of anilines is 1. The van der Waals surface area contributed by atoms with Crippen LogP contribution in [0.15, 0.2) is 72.8 Å². The lowest BCUT2D eigenvalue weighted by atomic mass is 10.1. The van der Waals surface area contributed by atoms with Crippen LogP contribution in [-0.2, 0) is 9.53 Å². The average molecular weight is 421 g/mol. The highest BCUT2D eigenvalue weighted by Crippen LogP contribution is 2.29. The molecule has 0 bridgehead atoms. The van der Waals surface area contributed by atoms with E-state index >= 15 is 0 Å². The van der Waals surface area contributed by atoms with Gasteiger partial charge in [0.05, 0.1) is 26.9 Å². The van der Waals surface area contributed by atoms with E-state index in [9.17, 15) is 9.59 Å². The number of ether oxygens (including phenoxy) is 4. The number of hydrogen-bond acceptors (Lipinski definition) is 6. The van der Waals surface area contributed by atoms with Crippen molar-refractivity contribution in [3.8, 4) is 17.2 Å². The van der Waals surface area contributed by atoms with Crippen LogP contribution in [0.5, 0.6) is 17.2 Å². The molecule has 160 valence electrons. The predicted molar refractivity (Wildman–Crippen MR) is 116 cm³/mol. The zero-order valence-corrected chi connectivity index (χ0v) is 17.5. The van der Waals surface area contributed by atoms with Gasteiger partial charge in [0, 0.05) is 17.3 Å². The first-order valence-corrected chi connectivity index (χ1v) is 9.48. The second-order valence-electron chi connectivity index (χ2n) is 6.49. The van der Waals surface area contributed by atoms with Crippen LogP contribution in [0.4, 0.5) is 5.69 Å². The van der Waals surface area contributed by atoms with E-state index in [1.807, 2.05) is 6.07 Å². The molecular formula is C24H23NO6. The summed E-state index contributed by atoms with van der Waals surface area (Å²) in [5.74, 6) is 0.295. The third-order valence-corrected chi connectivity index (χ3v) is 4.52. The summed E-state index contributed by atoms with van der Waals surface area (Å²) in [5.41, 5.74) is 1.29. The van der Waals surface area contributed by atoms with E-state index in [1.54, 1.807) is 67.8 Å². The van der Waals surface area contributed by atoms with Gasteiger partial charge in [-0.2, -0.15) is 0 Å². The summed E-state index contributed by atoms with van der Waals surface area (Å²) in [6.45, 7) is 0. The fraction of sp³-hybridized carbons (Fsp3) is 0.167. The van der Waals surface area contributed by atoms with Gasteiger partial charge in [0.2, 0.25) is 6.10 Å². The van der Waals surface area contributed by atoms with Crippen LogP contribution in [0.2, 0.25) is 0 Å². The fourth-order valence-electron chi connectivity index (χ4n) is 2.95. The van der Waals surface area contributed by atoms with E-state index in [4.69, 9.17) is 18.9 Å². The van der Waals surface area contributed by atoms with Gasteiger partial charge in [0.15, 0.2) is 11.5 Å². The molecule has 3 rings (SSSR count). The van der Waals surface area contributed by atoms with Crippen LogP contribution in [-0.4, -0.2) is 33.2 Å². The fourth-order valence-corrected chi connectivity index (χ4v) is 2.95. The van der Waals surface area contributed by atoms with Crippen molar-refractivity contribution in [2.24, 2.45) is 0 Å². The zero-order valence-electron chi connectivity index (χ0n) is 17.5. The molecule has 0 spiro atoms. The maximum atomic E-state index is 13.0. The number of hydrogen-bond donors (Lipinski definition) is 1. The van der Waals surface area contributed by atoms with Crippen molar-refractivity contribution >= 4 is 17.6 Å². The Morgan fingerprint density at radius 2 is 1.52 bits per heavy atom. The van der Waals surface area contributed by atoms with Gasteiger partial charge in [-0.3, -0.25) is 4.79 Å². The standard InChI is InChI=1S/C24H23NO6/c1-28-19-11-7-10-18(15-19)25-23(26)22(16-8-5-4-6-9-16)31-24(27)17-12-13-20(29-2)21(14-17)30-3/h4-15,22H,1-3H3,(H,25,26)/t22-/m1/s1. The summed E-state index contributed by atoms with van der Waals surface area (Å²) in [6.07, 6.45) is -1.16. The molecule has 0 unspecified atom stereocenters. The van der Waals surface area contributed by atoms with Crippen LogP contribution in [0.1, 0.15) is 22.0 Å². The molecule has 0 saturated carbocycles. The number of amides is 1. The lowest BCUT2D eigenvalue weighted by Crippen LogP contribution is -2.26. The topological polar surface area (TPSA) is 83.1 Å². The highest BCUT2D eigenvalue weighted by molar-refractivity contribution is 5.98. The molecule has 0 heterocycles. The van der Waals surface area contributed by atoms with E-state index in [2.05, 4.69) is 5.32 Å². The molecule has 0 aromatic heterocycles. The predicted octanol–water partition coefficient (Wildman–Crippen LogP) is 4.25.